The fourth-order valence-electron chi connectivity index (χ4n) is 1.97. The van der Waals surface area contributed by atoms with Gasteiger partial charge in [-0.25, -0.2) is 0 Å². The highest BCUT2D eigenvalue weighted by Crippen LogP contribution is 2.32. The predicted molar refractivity (Wildman–Crippen MR) is 59.0 cm³/mol. The highest BCUT2D eigenvalue weighted by atomic mass is 16.7. The van der Waals surface area contributed by atoms with Crippen LogP contribution in [0.1, 0.15) is 16.8 Å². The molecule has 0 aromatic heterocycles. The molecule has 1 aromatic rings. The molecule has 2 aliphatic heterocycles. The number of carbonyl (C=O) groups is 1. The van der Waals surface area contributed by atoms with E-state index < -0.39 is 0 Å². The summed E-state index contributed by atoms with van der Waals surface area (Å²) in [4.78, 5) is 13.8. The standard InChI is InChI=1S/C12H13NO4/c14-12(13-4-1-5-15-7-13)9-2-3-10-11(6-9)17-8-16-10/h2-3,6H,1,4-5,7-8H2. The van der Waals surface area contributed by atoms with E-state index in [1.165, 1.54) is 0 Å². The largest absolute Gasteiger partial charge is 0.454 e. The van der Waals surface area contributed by atoms with Gasteiger partial charge in [0.25, 0.3) is 5.91 Å². The molecule has 0 N–H and O–H groups in total. The third-order valence-corrected chi connectivity index (χ3v) is 2.87. The Labute approximate surface area is 98.9 Å². The monoisotopic (exact) mass is 235 g/mol. The van der Waals surface area contributed by atoms with Crippen molar-refractivity contribution in [2.75, 3.05) is 26.7 Å². The Hall–Kier alpha value is -1.75. The fourth-order valence-corrected chi connectivity index (χ4v) is 1.97. The molecule has 0 radical (unpaired) electrons. The second-order valence-electron chi connectivity index (χ2n) is 4.03. The first-order valence-electron chi connectivity index (χ1n) is 5.61. The van der Waals surface area contributed by atoms with Crippen molar-refractivity contribution in [2.24, 2.45) is 0 Å². The Morgan fingerprint density at radius 3 is 2.94 bits per heavy atom. The highest BCUT2D eigenvalue weighted by molar-refractivity contribution is 5.95. The predicted octanol–water partition coefficient (Wildman–Crippen LogP) is 1.24. The maximum Gasteiger partial charge on any atom is 0.255 e. The van der Waals surface area contributed by atoms with E-state index in [1.54, 1.807) is 23.1 Å². The van der Waals surface area contributed by atoms with E-state index >= 15 is 0 Å². The van der Waals surface area contributed by atoms with E-state index in [4.69, 9.17) is 14.2 Å². The second kappa shape index (κ2) is 4.25. The van der Waals surface area contributed by atoms with Crippen LogP contribution >= 0.6 is 0 Å². The zero-order chi connectivity index (χ0) is 11.7. The first-order chi connectivity index (χ1) is 8.34. The molecule has 2 heterocycles. The molecule has 0 unspecified atom stereocenters. The lowest BCUT2D eigenvalue weighted by Gasteiger charge is -2.26. The molecule has 1 amide bonds. The van der Waals surface area contributed by atoms with Crippen molar-refractivity contribution >= 4 is 5.91 Å². The van der Waals surface area contributed by atoms with Crippen LogP contribution in [0, 0.1) is 0 Å². The van der Waals surface area contributed by atoms with Crippen LogP contribution in [0.4, 0.5) is 0 Å². The molecule has 0 spiro atoms. The first kappa shape index (κ1) is 10.4. The molecule has 3 rings (SSSR count). The second-order valence-corrected chi connectivity index (χ2v) is 4.03. The molecule has 90 valence electrons. The van der Waals surface area contributed by atoms with Crippen molar-refractivity contribution < 1.29 is 19.0 Å². The Morgan fingerprint density at radius 1 is 1.24 bits per heavy atom. The van der Waals surface area contributed by atoms with Crippen LogP contribution in [-0.4, -0.2) is 37.5 Å². The molecule has 2 aliphatic rings. The van der Waals surface area contributed by atoms with Crippen molar-refractivity contribution in [2.45, 2.75) is 6.42 Å². The summed E-state index contributed by atoms with van der Waals surface area (Å²) in [6.45, 7) is 2.06. The Morgan fingerprint density at radius 2 is 2.12 bits per heavy atom. The number of rotatable bonds is 1. The summed E-state index contributed by atoms with van der Waals surface area (Å²) in [6, 6.07) is 5.24. The number of amides is 1. The van der Waals surface area contributed by atoms with Crippen LogP contribution in [0.3, 0.4) is 0 Å². The molecule has 0 atom stereocenters. The van der Waals surface area contributed by atoms with Crippen molar-refractivity contribution in [1.82, 2.24) is 4.90 Å². The van der Waals surface area contributed by atoms with Gasteiger partial charge < -0.3 is 19.1 Å². The molecule has 1 aromatic carbocycles. The van der Waals surface area contributed by atoms with Gasteiger partial charge in [0.1, 0.15) is 6.73 Å². The molecule has 17 heavy (non-hydrogen) atoms. The van der Waals surface area contributed by atoms with Gasteiger partial charge in [0.2, 0.25) is 6.79 Å². The third-order valence-electron chi connectivity index (χ3n) is 2.87. The number of carbonyl (C=O) groups excluding carboxylic acids is 1. The van der Waals surface area contributed by atoms with Crippen LogP contribution in [0.15, 0.2) is 18.2 Å². The number of nitrogens with zero attached hydrogens (tertiary/aromatic N) is 1. The van der Waals surface area contributed by atoms with Gasteiger partial charge in [0, 0.05) is 12.1 Å². The van der Waals surface area contributed by atoms with Gasteiger partial charge in [-0.15, -0.1) is 0 Å². The van der Waals surface area contributed by atoms with Crippen molar-refractivity contribution in [3.05, 3.63) is 23.8 Å². The Kier molecular flexibility index (Phi) is 2.60. The summed E-state index contributed by atoms with van der Waals surface area (Å²) in [7, 11) is 0. The number of ether oxygens (including phenoxy) is 3. The summed E-state index contributed by atoms with van der Waals surface area (Å²) >= 11 is 0. The van der Waals surface area contributed by atoms with E-state index in [2.05, 4.69) is 0 Å². The van der Waals surface area contributed by atoms with Crippen LogP contribution in [0.2, 0.25) is 0 Å². The maximum absolute atomic E-state index is 12.1. The van der Waals surface area contributed by atoms with Crippen LogP contribution in [0.5, 0.6) is 11.5 Å². The quantitative estimate of drug-likeness (QED) is 0.734. The zero-order valence-electron chi connectivity index (χ0n) is 9.35. The zero-order valence-corrected chi connectivity index (χ0v) is 9.35. The lowest BCUT2D eigenvalue weighted by molar-refractivity contribution is -0.00572. The average molecular weight is 235 g/mol. The topological polar surface area (TPSA) is 48.0 Å². The number of fused-ring (bicyclic) bond motifs is 1. The average Bonchev–Trinajstić information content (AvgIpc) is 2.86. The summed E-state index contributed by atoms with van der Waals surface area (Å²) in [6.07, 6.45) is 0.885. The van der Waals surface area contributed by atoms with Gasteiger partial charge in [-0.3, -0.25) is 4.79 Å². The molecule has 1 saturated heterocycles. The molecular formula is C12H13NO4. The number of hydrogen-bond acceptors (Lipinski definition) is 4. The molecule has 0 bridgehead atoms. The van der Waals surface area contributed by atoms with Crippen LogP contribution in [-0.2, 0) is 4.74 Å². The van der Waals surface area contributed by atoms with Crippen molar-refractivity contribution in [3.8, 4) is 11.5 Å². The summed E-state index contributed by atoms with van der Waals surface area (Å²) < 4.78 is 15.7. The number of hydrogen-bond donors (Lipinski definition) is 0. The molecule has 1 fully saturated rings. The van der Waals surface area contributed by atoms with E-state index in [0.29, 0.717) is 23.8 Å². The van der Waals surface area contributed by atoms with Crippen LogP contribution in [0.25, 0.3) is 0 Å². The van der Waals surface area contributed by atoms with Crippen LogP contribution < -0.4 is 9.47 Å². The van der Waals surface area contributed by atoms with Gasteiger partial charge in [-0.1, -0.05) is 0 Å². The number of benzene rings is 1. The maximum atomic E-state index is 12.1. The summed E-state index contributed by atoms with van der Waals surface area (Å²) in [5.41, 5.74) is 0.611. The molecular weight excluding hydrogens is 222 g/mol. The fraction of sp³-hybridized carbons (Fsp3) is 0.417. The van der Waals surface area contributed by atoms with Gasteiger partial charge in [0.05, 0.1) is 6.61 Å². The SMILES string of the molecule is O=C(c1ccc2c(c1)OCO2)N1CCCOC1. The summed E-state index contributed by atoms with van der Waals surface area (Å²) in [5, 5.41) is 0. The minimum Gasteiger partial charge on any atom is -0.454 e. The molecule has 5 heteroatoms. The highest BCUT2D eigenvalue weighted by Gasteiger charge is 2.21. The van der Waals surface area contributed by atoms with Gasteiger partial charge in [-0.2, -0.15) is 0 Å². The van der Waals surface area contributed by atoms with Gasteiger partial charge in [-0.05, 0) is 24.6 Å². The molecule has 5 nitrogen and oxygen atoms in total. The minimum absolute atomic E-state index is 0.0250. The smallest absolute Gasteiger partial charge is 0.255 e. The Bertz CT molecular complexity index is 440. The molecule has 0 aliphatic carbocycles. The van der Waals surface area contributed by atoms with E-state index in [9.17, 15) is 4.79 Å². The lowest BCUT2D eigenvalue weighted by Crippen LogP contribution is -2.38. The minimum atomic E-state index is -0.0250. The lowest BCUT2D eigenvalue weighted by atomic mass is 10.1. The Balaban J connectivity index is 1.81. The molecule has 0 saturated carbocycles. The van der Waals surface area contributed by atoms with Gasteiger partial charge in [0.15, 0.2) is 11.5 Å². The van der Waals surface area contributed by atoms with Gasteiger partial charge >= 0.3 is 0 Å². The van der Waals surface area contributed by atoms with Crippen molar-refractivity contribution in [1.29, 1.82) is 0 Å². The van der Waals surface area contributed by atoms with Crippen molar-refractivity contribution in [3.63, 3.8) is 0 Å². The summed E-state index contributed by atoms with van der Waals surface area (Å²) in [5.74, 6) is 1.30. The third kappa shape index (κ3) is 1.93. The normalized spacial score (nSPS) is 18.2. The first-order valence-corrected chi connectivity index (χ1v) is 5.61. The van der Waals surface area contributed by atoms with E-state index in [1.807, 2.05) is 0 Å². The van der Waals surface area contributed by atoms with E-state index in [0.717, 1.165) is 19.6 Å². The van der Waals surface area contributed by atoms with E-state index in [-0.39, 0.29) is 12.7 Å².